The molecule has 0 unspecified atom stereocenters. The molecule has 2 aromatic rings. The van der Waals surface area contributed by atoms with Crippen molar-refractivity contribution in [2.24, 2.45) is 0 Å². The van der Waals surface area contributed by atoms with E-state index < -0.39 is 35.7 Å². The third-order valence-corrected chi connectivity index (χ3v) is 6.41. The fraction of sp³-hybridized carbons (Fsp3) is 0.375. The fourth-order valence-electron chi connectivity index (χ4n) is 4.59. The van der Waals surface area contributed by atoms with E-state index in [0.29, 0.717) is 37.7 Å². The van der Waals surface area contributed by atoms with E-state index >= 15 is 0 Å². The van der Waals surface area contributed by atoms with E-state index in [1.807, 2.05) is 6.07 Å². The first kappa shape index (κ1) is 23.2. The second-order valence-corrected chi connectivity index (χ2v) is 8.56. The number of fused-ring (bicyclic) bond motifs is 1. The highest BCUT2D eigenvalue weighted by Crippen LogP contribution is 2.34. The molecule has 0 saturated carbocycles. The average Bonchev–Trinajstić information content (AvgIpc) is 3.16. The lowest BCUT2D eigenvalue weighted by Crippen LogP contribution is -2.57. The van der Waals surface area contributed by atoms with Gasteiger partial charge in [0.25, 0.3) is 11.8 Å². The van der Waals surface area contributed by atoms with Crippen LogP contribution < -0.4 is 14.4 Å². The summed E-state index contributed by atoms with van der Waals surface area (Å²) in [7, 11) is 0. The SMILES string of the molecule is O=C([C@H]1COc2ccccc2O1)N1CCN([C@H]2CC(=O)N(c3cccc(C(F)(F)F)c3)C2=O)CC1. The van der Waals surface area contributed by atoms with Crippen LogP contribution in [-0.2, 0) is 20.6 Å². The van der Waals surface area contributed by atoms with Crippen LogP contribution in [0.3, 0.4) is 0 Å². The molecule has 3 heterocycles. The van der Waals surface area contributed by atoms with Gasteiger partial charge in [-0.3, -0.25) is 19.3 Å². The number of para-hydroxylation sites is 2. The number of anilines is 1. The standard InChI is InChI=1S/C24H22F3N3O5/c25-24(26,27)15-4-3-5-16(12-15)30-21(31)13-17(22(30)32)28-8-10-29(11-9-28)23(33)20-14-34-18-6-1-2-7-19(18)35-20/h1-7,12,17,20H,8-11,13-14H2/t17-,20+/m0/s1. The maximum Gasteiger partial charge on any atom is 0.416 e. The van der Waals surface area contributed by atoms with Gasteiger partial charge >= 0.3 is 6.18 Å². The van der Waals surface area contributed by atoms with Gasteiger partial charge in [-0.25, -0.2) is 4.90 Å². The van der Waals surface area contributed by atoms with Crippen molar-refractivity contribution < 1.29 is 37.0 Å². The molecule has 8 nitrogen and oxygen atoms in total. The number of imide groups is 1. The summed E-state index contributed by atoms with van der Waals surface area (Å²) in [5.41, 5.74) is -1.02. The lowest BCUT2D eigenvalue weighted by atomic mass is 10.1. The fourth-order valence-corrected chi connectivity index (χ4v) is 4.59. The topological polar surface area (TPSA) is 79.4 Å². The first-order valence-electron chi connectivity index (χ1n) is 11.2. The third-order valence-electron chi connectivity index (χ3n) is 6.41. The molecule has 3 aliphatic heterocycles. The molecule has 0 radical (unpaired) electrons. The molecular formula is C24H22F3N3O5. The Labute approximate surface area is 198 Å². The van der Waals surface area contributed by atoms with Crippen LogP contribution in [0.2, 0.25) is 0 Å². The summed E-state index contributed by atoms with van der Waals surface area (Å²) in [5.74, 6) is -0.255. The molecule has 0 spiro atoms. The molecule has 0 bridgehead atoms. The smallest absolute Gasteiger partial charge is 0.416 e. The minimum Gasteiger partial charge on any atom is -0.485 e. The van der Waals surface area contributed by atoms with Crippen LogP contribution in [0.5, 0.6) is 11.5 Å². The molecule has 0 N–H and O–H groups in total. The molecular weight excluding hydrogens is 467 g/mol. The number of nitrogens with zero attached hydrogens (tertiary/aromatic N) is 3. The van der Waals surface area contributed by atoms with Gasteiger partial charge in [-0.15, -0.1) is 0 Å². The number of carbonyl (C=O) groups excluding carboxylic acids is 3. The van der Waals surface area contributed by atoms with Gasteiger partial charge < -0.3 is 14.4 Å². The number of carbonyl (C=O) groups is 3. The first-order chi connectivity index (χ1) is 16.7. The van der Waals surface area contributed by atoms with Crippen LogP contribution in [0.4, 0.5) is 18.9 Å². The van der Waals surface area contributed by atoms with Crippen LogP contribution in [0.25, 0.3) is 0 Å². The number of rotatable bonds is 3. The van der Waals surface area contributed by atoms with Gasteiger partial charge in [0.1, 0.15) is 6.61 Å². The maximum absolute atomic E-state index is 13.1. The predicted molar refractivity (Wildman–Crippen MR) is 117 cm³/mol. The van der Waals surface area contributed by atoms with Crippen LogP contribution in [0, 0.1) is 0 Å². The maximum atomic E-state index is 13.1. The molecule has 2 saturated heterocycles. The molecule has 5 rings (SSSR count). The number of benzene rings is 2. The van der Waals surface area contributed by atoms with Gasteiger partial charge in [0.2, 0.25) is 12.0 Å². The summed E-state index contributed by atoms with van der Waals surface area (Å²) in [4.78, 5) is 42.8. The minimum absolute atomic E-state index is 0.0949. The van der Waals surface area contributed by atoms with Gasteiger partial charge in [0.05, 0.1) is 23.7 Å². The van der Waals surface area contributed by atoms with Gasteiger partial charge in [0.15, 0.2) is 11.5 Å². The second kappa shape index (κ2) is 8.88. The van der Waals surface area contributed by atoms with Crippen molar-refractivity contribution in [3.8, 4) is 11.5 Å². The number of piperazine rings is 1. The number of hydrogen-bond acceptors (Lipinski definition) is 6. The third kappa shape index (κ3) is 4.43. The van der Waals surface area contributed by atoms with Crippen molar-refractivity contribution in [2.75, 3.05) is 37.7 Å². The Bertz CT molecular complexity index is 1160. The van der Waals surface area contributed by atoms with Crippen molar-refractivity contribution in [1.82, 2.24) is 9.80 Å². The van der Waals surface area contributed by atoms with E-state index in [1.165, 1.54) is 12.1 Å². The van der Waals surface area contributed by atoms with Crippen molar-refractivity contribution in [3.05, 3.63) is 54.1 Å². The molecule has 0 aliphatic carbocycles. The van der Waals surface area contributed by atoms with Gasteiger partial charge in [-0.1, -0.05) is 18.2 Å². The van der Waals surface area contributed by atoms with Crippen molar-refractivity contribution in [2.45, 2.75) is 24.7 Å². The highest BCUT2D eigenvalue weighted by molar-refractivity contribution is 6.22. The largest absolute Gasteiger partial charge is 0.485 e. The summed E-state index contributed by atoms with van der Waals surface area (Å²) < 4.78 is 50.6. The number of alkyl halides is 3. The Hall–Kier alpha value is -3.60. The molecule has 11 heteroatoms. The molecule has 35 heavy (non-hydrogen) atoms. The number of amides is 3. The molecule has 3 amide bonds. The van der Waals surface area contributed by atoms with Crippen LogP contribution in [0.1, 0.15) is 12.0 Å². The molecule has 0 aromatic heterocycles. The second-order valence-electron chi connectivity index (χ2n) is 8.56. The van der Waals surface area contributed by atoms with Gasteiger partial charge in [-0.05, 0) is 30.3 Å². The Balaban J connectivity index is 1.21. The zero-order chi connectivity index (χ0) is 24.7. The highest BCUT2D eigenvalue weighted by Gasteiger charge is 2.44. The number of ether oxygens (including phenoxy) is 2. The molecule has 3 aliphatic rings. The lowest BCUT2D eigenvalue weighted by Gasteiger charge is -2.38. The van der Waals surface area contributed by atoms with E-state index in [1.54, 1.807) is 28.0 Å². The van der Waals surface area contributed by atoms with E-state index in [0.717, 1.165) is 17.0 Å². The van der Waals surface area contributed by atoms with Crippen molar-refractivity contribution >= 4 is 23.4 Å². The number of hydrogen-bond donors (Lipinski definition) is 0. The van der Waals surface area contributed by atoms with Gasteiger partial charge in [-0.2, -0.15) is 13.2 Å². The summed E-state index contributed by atoms with van der Waals surface area (Å²) in [5, 5.41) is 0. The summed E-state index contributed by atoms with van der Waals surface area (Å²) in [6.07, 6.45) is -5.49. The Kier molecular flexibility index (Phi) is 5.87. The Morgan fingerprint density at radius 1 is 0.943 bits per heavy atom. The van der Waals surface area contributed by atoms with E-state index in [-0.39, 0.29) is 24.6 Å². The zero-order valence-electron chi connectivity index (χ0n) is 18.5. The molecule has 184 valence electrons. The van der Waals surface area contributed by atoms with Crippen LogP contribution >= 0.6 is 0 Å². The average molecular weight is 489 g/mol. The van der Waals surface area contributed by atoms with Crippen molar-refractivity contribution in [1.29, 1.82) is 0 Å². The summed E-state index contributed by atoms with van der Waals surface area (Å²) in [6.45, 7) is 1.42. The summed E-state index contributed by atoms with van der Waals surface area (Å²) >= 11 is 0. The van der Waals surface area contributed by atoms with E-state index in [9.17, 15) is 27.6 Å². The van der Waals surface area contributed by atoms with Crippen LogP contribution in [-0.4, -0.2) is 72.5 Å². The normalized spacial score (nSPS) is 23.1. The minimum atomic E-state index is -4.58. The van der Waals surface area contributed by atoms with Crippen molar-refractivity contribution in [3.63, 3.8) is 0 Å². The van der Waals surface area contributed by atoms with E-state index in [2.05, 4.69) is 0 Å². The Morgan fingerprint density at radius 3 is 2.37 bits per heavy atom. The quantitative estimate of drug-likeness (QED) is 0.616. The summed E-state index contributed by atoms with van der Waals surface area (Å²) in [6, 6.07) is 10.5. The van der Waals surface area contributed by atoms with Crippen LogP contribution in [0.15, 0.2) is 48.5 Å². The zero-order valence-corrected chi connectivity index (χ0v) is 18.5. The molecule has 2 fully saturated rings. The number of halogens is 3. The molecule has 2 aromatic carbocycles. The lowest BCUT2D eigenvalue weighted by molar-refractivity contribution is -0.143. The van der Waals surface area contributed by atoms with Gasteiger partial charge in [0, 0.05) is 26.2 Å². The Morgan fingerprint density at radius 2 is 1.66 bits per heavy atom. The van der Waals surface area contributed by atoms with E-state index in [4.69, 9.17) is 9.47 Å². The predicted octanol–water partition coefficient (Wildman–Crippen LogP) is 2.32. The first-order valence-corrected chi connectivity index (χ1v) is 11.2. The monoisotopic (exact) mass is 489 g/mol. The molecule has 2 atom stereocenters. The highest BCUT2D eigenvalue weighted by atomic mass is 19.4.